The van der Waals surface area contributed by atoms with Crippen molar-refractivity contribution in [2.45, 2.75) is 25.4 Å². The highest BCUT2D eigenvalue weighted by Crippen LogP contribution is 2.12. The van der Waals surface area contributed by atoms with Crippen LogP contribution in [0.2, 0.25) is 0 Å². The predicted molar refractivity (Wildman–Crippen MR) is 61.6 cm³/mol. The van der Waals surface area contributed by atoms with Crippen LogP contribution in [0.5, 0.6) is 0 Å². The predicted octanol–water partition coefficient (Wildman–Crippen LogP) is 1.12. The van der Waals surface area contributed by atoms with Crippen LogP contribution in [0.1, 0.15) is 19.0 Å². The molecule has 0 radical (unpaired) electrons. The van der Waals surface area contributed by atoms with Crippen LogP contribution < -0.4 is 5.56 Å². The monoisotopic (exact) mass is 242 g/mol. The summed E-state index contributed by atoms with van der Waals surface area (Å²) in [7, 11) is 0. The molecule has 0 aromatic carbocycles. The van der Waals surface area contributed by atoms with Gasteiger partial charge >= 0.3 is 5.97 Å². The molecule has 0 aliphatic rings. The lowest BCUT2D eigenvalue weighted by atomic mass is 10.5. The van der Waals surface area contributed by atoms with Gasteiger partial charge in [-0.2, -0.15) is 0 Å². The average Bonchev–Trinajstić information content (AvgIpc) is 2.16. The molecule has 0 saturated carbocycles. The summed E-state index contributed by atoms with van der Waals surface area (Å²) >= 11 is 1.34. The van der Waals surface area contributed by atoms with Gasteiger partial charge in [0.25, 0.3) is 5.56 Å². The van der Waals surface area contributed by atoms with Crippen LogP contribution >= 0.6 is 11.8 Å². The Bertz CT molecular complexity index is 417. The summed E-state index contributed by atoms with van der Waals surface area (Å²) < 4.78 is 4.78. The number of hydrogen-bond acceptors (Lipinski definition) is 5. The standard InChI is InChI=1S/C10H14N2O3S/c1-3-15-9(14)4-5-16-10-11-7(2)6-8(13)12-10/h6H,3-5H2,1-2H3,(H,11,12,13). The molecule has 0 bridgehead atoms. The highest BCUT2D eigenvalue weighted by molar-refractivity contribution is 7.99. The first kappa shape index (κ1) is 12.8. The first-order valence-electron chi connectivity index (χ1n) is 4.98. The summed E-state index contributed by atoms with van der Waals surface area (Å²) in [4.78, 5) is 28.9. The lowest BCUT2D eigenvalue weighted by molar-refractivity contribution is -0.142. The second kappa shape index (κ2) is 6.32. The molecule has 0 spiro atoms. The highest BCUT2D eigenvalue weighted by atomic mass is 32.2. The maximum Gasteiger partial charge on any atom is 0.306 e. The van der Waals surface area contributed by atoms with Gasteiger partial charge in [0.1, 0.15) is 0 Å². The number of nitrogens with one attached hydrogen (secondary N) is 1. The quantitative estimate of drug-likeness (QED) is 0.476. The number of rotatable bonds is 5. The van der Waals surface area contributed by atoms with E-state index in [-0.39, 0.29) is 11.5 Å². The van der Waals surface area contributed by atoms with Crippen LogP contribution in [0.3, 0.4) is 0 Å². The van der Waals surface area contributed by atoms with Gasteiger partial charge in [0.05, 0.1) is 13.0 Å². The van der Waals surface area contributed by atoms with Crippen molar-refractivity contribution in [1.29, 1.82) is 0 Å². The van der Waals surface area contributed by atoms with Crippen LogP contribution in [0.25, 0.3) is 0 Å². The van der Waals surface area contributed by atoms with E-state index in [0.717, 1.165) is 0 Å². The third-order valence-electron chi connectivity index (χ3n) is 1.70. The topological polar surface area (TPSA) is 72.0 Å². The van der Waals surface area contributed by atoms with Crippen molar-refractivity contribution in [3.05, 3.63) is 22.1 Å². The van der Waals surface area contributed by atoms with Crippen LogP contribution in [0, 0.1) is 6.92 Å². The van der Waals surface area contributed by atoms with E-state index in [1.165, 1.54) is 17.8 Å². The van der Waals surface area contributed by atoms with Gasteiger partial charge in [-0.25, -0.2) is 4.98 Å². The molecule has 1 aromatic heterocycles. The van der Waals surface area contributed by atoms with Gasteiger partial charge in [0.15, 0.2) is 5.16 Å². The number of thioether (sulfide) groups is 1. The van der Waals surface area contributed by atoms with Crippen molar-refractivity contribution in [2.75, 3.05) is 12.4 Å². The largest absolute Gasteiger partial charge is 0.466 e. The molecule has 1 rings (SSSR count). The lowest BCUT2D eigenvalue weighted by Gasteiger charge is -2.02. The van der Waals surface area contributed by atoms with E-state index in [4.69, 9.17) is 4.74 Å². The number of esters is 1. The number of aromatic amines is 1. The fourth-order valence-corrected chi connectivity index (χ4v) is 1.93. The number of H-pyrrole nitrogens is 1. The summed E-state index contributed by atoms with van der Waals surface area (Å²) in [6.45, 7) is 3.91. The van der Waals surface area contributed by atoms with Gasteiger partial charge in [-0.15, -0.1) is 0 Å². The van der Waals surface area contributed by atoms with E-state index < -0.39 is 0 Å². The van der Waals surface area contributed by atoms with Crippen LogP contribution in [0.15, 0.2) is 16.0 Å². The van der Waals surface area contributed by atoms with Gasteiger partial charge in [-0.05, 0) is 13.8 Å². The zero-order valence-electron chi connectivity index (χ0n) is 9.28. The van der Waals surface area contributed by atoms with Crippen LogP contribution in [-0.2, 0) is 9.53 Å². The van der Waals surface area contributed by atoms with Gasteiger partial charge in [-0.1, -0.05) is 11.8 Å². The SMILES string of the molecule is CCOC(=O)CCSc1nc(C)cc(=O)[nH]1. The minimum Gasteiger partial charge on any atom is -0.466 e. The number of hydrogen-bond donors (Lipinski definition) is 1. The molecular formula is C10H14N2O3S. The number of aromatic nitrogens is 2. The Balaban J connectivity index is 2.43. The zero-order valence-corrected chi connectivity index (χ0v) is 10.1. The summed E-state index contributed by atoms with van der Waals surface area (Å²) in [6.07, 6.45) is 0.316. The van der Waals surface area contributed by atoms with Gasteiger partial charge < -0.3 is 9.72 Å². The molecular weight excluding hydrogens is 228 g/mol. The van der Waals surface area contributed by atoms with E-state index >= 15 is 0 Å². The van der Waals surface area contributed by atoms with Crippen LogP contribution in [-0.4, -0.2) is 28.3 Å². The normalized spacial score (nSPS) is 10.1. The molecule has 0 atom stereocenters. The molecule has 88 valence electrons. The lowest BCUT2D eigenvalue weighted by Crippen LogP contribution is -2.09. The number of carbonyl (C=O) groups is 1. The molecule has 0 amide bonds. The van der Waals surface area contributed by atoms with Gasteiger partial charge in [0, 0.05) is 17.5 Å². The van der Waals surface area contributed by atoms with Crippen molar-refractivity contribution in [1.82, 2.24) is 9.97 Å². The van der Waals surface area contributed by atoms with E-state index in [1.54, 1.807) is 13.8 Å². The first-order valence-corrected chi connectivity index (χ1v) is 5.96. The summed E-state index contributed by atoms with van der Waals surface area (Å²) in [6, 6.07) is 1.43. The molecule has 1 heterocycles. The van der Waals surface area contributed by atoms with E-state index in [9.17, 15) is 9.59 Å². The van der Waals surface area contributed by atoms with Gasteiger partial charge in [-0.3, -0.25) is 9.59 Å². The first-order chi connectivity index (χ1) is 7.61. The molecule has 0 unspecified atom stereocenters. The minimum atomic E-state index is -0.231. The average molecular weight is 242 g/mol. The second-order valence-corrected chi connectivity index (χ2v) is 4.18. The molecule has 5 nitrogen and oxygen atoms in total. The van der Waals surface area contributed by atoms with Crippen molar-refractivity contribution in [3.8, 4) is 0 Å². The van der Waals surface area contributed by atoms with Crippen molar-refractivity contribution in [2.24, 2.45) is 0 Å². The molecule has 0 aliphatic carbocycles. The molecule has 0 aliphatic heterocycles. The minimum absolute atomic E-state index is 0.175. The second-order valence-electron chi connectivity index (χ2n) is 3.10. The summed E-state index contributed by atoms with van der Waals surface area (Å²) in [5, 5.41) is 0.536. The van der Waals surface area contributed by atoms with Crippen molar-refractivity contribution >= 4 is 17.7 Å². The van der Waals surface area contributed by atoms with E-state index in [1.807, 2.05) is 0 Å². The van der Waals surface area contributed by atoms with Crippen LogP contribution in [0.4, 0.5) is 0 Å². The molecule has 0 fully saturated rings. The van der Waals surface area contributed by atoms with Crippen molar-refractivity contribution < 1.29 is 9.53 Å². The maximum absolute atomic E-state index is 11.1. The Kier molecular flexibility index (Phi) is 5.04. The fraction of sp³-hybridized carbons (Fsp3) is 0.500. The third-order valence-corrected chi connectivity index (χ3v) is 2.57. The zero-order chi connectivity index (χ0) is 12.0. The highest BCUT2D eigenvalue weighted by Gasteiger charge is 2.04. The Labute approximate surface area is 97.6 Å². The smallest absolute Gasteiger partial charge is 0.306 e. The molecule has 6 heteroatoms. The maximum atomic E-state index is 11.1. The number of carbonyl (C=O) groups excluding carboxylic acids is 1. The summed E-state index contributed by atoms with van der Waals surface area (Å²) in [5.41, 5.74) is 0.494. The van der Waals surface area contributed by atoms with Crippen molar-refractivity contribution in [3.63, 3.8) is 0 Å². The molecule has 1 aromatic rings. The van der Waals surface area contributed by atoms with Gasteiger partial charge in [0.2, 0.25) is 0 Å². The Hall–Kier alpha value is -1.30. The fourth-order valence-electron chi connectivity index (χ4n) is 1.08. The third kappa shape index (κ3) is 4.48. The number of ether oxygens (including phenoxy) is 1. The summed E-state index contributed by atoms with van der Waals surface area (Å²) in [5.74, 6) is 0.315. The molecule has 0 saturated heterocycles. The molecule has 1 N–H and O–H groups in total. The Morgan fingerprint density at radius 3 is 3.00 bits per heavy atom. The number of nitrogens with zero attached hydrogens (tertiary/aromatic N) is 1. The number of aryl methyl sites for hydroxylation is 1. The molecule has 16 heavy (non-hydrogen) atoms. The van der Waals surface area contributed by atoms with E-state index in [0.29, 0.717) is 29.6 Å². The Morgan fingerprint density at radius 1 is 1.62 bits per heavy atom. The Morgan fingerprint density at radius 2 is 2.38 bits per heavy atom. The van der Waals surface area contributed by atoms with E-state index in [2.05, 4.69) is 9.97 Å².